The van der Waals surface area contributed by atoms with Gasteiger partial charge in [-0.15, -0.1) is 10.2 Å². The fourth-order valence-electron chi connectivity index (χ4n) is 3.11. The molecule has 2 aliphatic rings. The Hall–Kier alpha value is -1.92. The van der Waals surface area contributed by atoms with E-state index in [2.05, 4.69) is 26.1 Å². The molecule has 0 bridgehead atoms. The van der Waals surface area contributed by atoms with Gasteiger partial charge in [-0.1, -0.05) is 18.2 Å². The van der Waals surface area contributed by atoms with Crippen molar-refractivity contribution in [3.05, 3.63) is 42.0 Å². The minimum Gasteiger partial charge on any atom is -0.491 e. The molecule has 1 aliphatic carbocycles. The van der Waals surface area contributed by atoms with Crippen molar-refractivity contribution in [2.45, 2.75) is 50.9 Å². The summed E-state index contributed by atoms with van der Waals surface area (Å²) in [6.45, 7) is 2.96. The Morgan fingerprint density at radius 1 is 1.21 bits per heavy atom. The number of nitrogens with zero attached hydrogens (tertiary/aromatic N) is 3. The minimum absolute atomic E-state index is 0.239. The Morgan fingerprint density at radius 3 is 2.96 bits per heavy atom. The molecule has 2 fully saturated rings. The quantitative estimate of drug-likeness (QED) is 0.806. The van der Waals surface area contributed by atoms with E-state index in [0.717, 1.165) is 49.7 Å². The zero-order chi connectivity index (χ0) is 16.2. The number of ether oxygens (including phenoxy) is 2. The molecule has 0 radical (unpaired) electrons. The van der Waals surface area contributed by atoms with Crippen molar-refractivity contribution in [3.8, 4) is 5.75 Å². The molecule has 6 heteroatoms. The number of hydrogen-bond donors (Lipinski definition) is 1. The zero-order valence-electron chi connectivity index (χ0n) is 13.9. The summed E-state index contributed by atoms with van der Waals surface area (Å²) in [5, 5.41) is 11.7. The van der Waals surface area contributed by atoms with Crippen LogP contribution in [0.2, 0.25) is 0 Å². The van der Waals surface area contributed by atoms with E-state index in [1.807, 2.05) is 24.5 Å². The predicted octanol–water partition coefficient (Wildman–Crippen LogP) is 2.46. The second kappa shape index (κ2) is 7.32. The highest BCUT2D eigenvalue weighted by Gasteiger charge is 2.25. The third-order valence-electron chi connectivity index (χ3n) is 4.61. The third-order valence-corrected chi connectivity index (χ3v) is 4.61. The van der Waals surface area contributed by atoms with Gasteiger partial charge < -0.3 is 19.4 Å². The minimum atomic E-state index is 0.239. The summed E-state index contributed by atoms with van der Waals surface area (Å²) in [4.78, 5) is 0. The van der Waals surface area contributed by atoms with E-state index in [4.69, 9.17) is 9.47 Å². The monoisotopic (exact) mass is 328 g/mol. The normalized spacial score (nSPS) is 20.4. The van der Waals surface area contributed by atoms with Gasteiger partial charge in [0, 0.05) is 24.8 Å². The summed E-state index contributed by atoms with van der Waals surface area (Å²) < 4.78 is 13.8. The molecule has 0 unspecified atom stereocenters. The molecule has 2 aromatic rings. The van der Waals surface area contributed by atoms with Gasteiger partial charge in [0.25, 0.3) is 0 Å². The van der Waals surface area contributed by atoms with Gasteiger partial charge in [0.05, 0.1) is 12.6 Å². The second-order valence-corrected chi connectivity index (χ2v) is 6.54. The molecule has 2 heterocycles. The van der Waals surface area contributed by atoms with Crippen LogP contribution in [0.25, 0.3) is 0 Å². The number of aromatic nitrogens is 3. The van der Waals surface area contributed by atoms with E-state index < -0.39 is 0 Å². The predicted molar refractivity (Wildman–Crippen MR) is 89.7 cm³/mol. The summed E-state index contributed by atoms with van der Waals surface area (Å²) in [5.74, 6) is 1.94. The van der Waals surface area contributed by atoms with Crippen LogP contribution in [0, 0.1) is 0 Å². The number of hydrogen-bond acceptors (Lipinski definition) is 5. The van der Waals surface area contributed by atoms with Gasteiger partial charge in [-0.05, 0) is 31.7 Å². The van der Waals surface area contributed by atoms with Crippen LogP contribution in [0.4, 0.5) is 0 Å². The number of rotatable bonds is 8. The van der Waals surface area contributed by atoms with Crippen LogP contribution < -0.4 is 10.1 Å². The molecule has 1 atom stereocenters. The molecule has 1 aromatic heterocycles. The molecule has 4 rings (SSSR count). The van der Waals surface area contributed by atoms with Gasteiger partial charge in [0.1, 0.15) is 24.5 Å². The molecule has 1 aromatic carbocycles. The number of nitrogens with one attached hydrogen (secondary N) is 1. The summed E-state index contributed by atoms with van der Waals surface area (Å²) in [7, 11) is 0. The van der Waals surface area contributed by atoms with Crippen molar-refractivity contribution < 1.29 is 9.47 Å². The fraction of sp³-hybridized carbons (Fsp3) is 0.556. The second-order valence-electron chi connectivity index (χ2n) is 6.54. The first-order chi connectivity index (χ1) is 11.9. The maximum Gasteiger partial charge on any atom is 0.147 e. The van der Waals surface area contributed by atoms with Crippen LogP contribution >= 0.6 is 0 Å². The van der Waals surface area contributed by atoms with Gasteiger partial charge in [0.15, 0.2) is 0 Å². The Labute approximate surface area is 142 Å². The molecule has 24 heavy (non-hydrogen) atoms. The smallest absolute Gasteiger partial charge is 0.147 e. The first kappa shape index (κ1) is 15.6. The SMILES string of the molecule is c1ccc(OC[C@@H]2CCCO2)c(CNCc2nncn2C2CC2)c1. The third kappa shape index (κ3) is 3.76. The van der Waals surface area contributed by atoms with Crippen LogP contribution in [-0.2, 0) is 17.8 Å². The average Bonchev–Trinajstić information content (AvgIpc) is 3.12. The van der Waals surface area contributed by atoms with Crippen molar-refractivity contribution in [1.82, 2.24) is 20.1 Å². The molecule has 0 amide bonds. The lowest BCUT2D eigenvalue weighted by Gasteiger charge is -2.15. The van der Waals surface area contributed by atoms with Crippen molar-refractivity contribution in [3.63, 3.8) is 0 Å². The molecule has 128 valence electrons. The number of para-hydroxylation sites is 1. The topological polar surface area (TPSA) is 61.2 Å². The summed E-state index contributed by atoms with van der Waals surface area (Å²) in [6, 6.07) is 8.79. The first-order valence-electron chi connectivity index (χ1n) is 8.81. The molecule has 1 aliphatic heterocycles. The van der Waals surface area contributed by atoms with E-state index in [1.54, 1.807) is 0 Å². The van der Waals surface area contributed by atoms with E-state index >= 15 is 0 Å². The van der Waals surface area contributed by atoms with E-state index in [1.165, 1.54) is 12.8 Å². The van der Waals surface area contributed by atoms with Crippen LogP contribution in [0.15, 0.2) is 30.6 Å². The molecular weight excluding hydrogens is 304 g/mol. The Morgan fingerprint density at radius 2 is 2.12 bits per heavy atom. The highest BCUT2D eigenvalue weighted by molar-refractivity contribution is 5.33. The van der Waals surface area contributed by atoms with Crippen molar-refractivity contribution in [2.75, 3.05) is 13.2 Å². The molecule has 1 N–H and O–H groups in total. The van der Waals surface area contributed by atoms with Crippen LogP contribution in [0.1, 0.15) is 43.1 Å². The molecule has 1 saturated heterocycles. The highest BCUT2D eigenvalue weighted by atomic mass is 16.5. The van der Waals surface area contributed by atoms with Crippen LogP contribution in [0.5, 0.6) is 5.75 Å². The van der Waals surface area contributed by atoms with Crippen LogP contribution in [0.3, 0.4) is 0 Å². The molecule has 0 spiro atoms. The van der Waals surface area contributed by atoms with Gasteiger partial charge >= 0.3 is 0 Å². The first-order valence-corrected chi connectivity index (χ1v) is 8.81. The maximum absolute atomic E-state index is 5.98. The Kier molecular flexibility index (Phi) is 4.76. The van der Waals surface area contributed by atoms with E-state index in [-0.39, 0.29) is 6.10 Å². The largest absolute Gasteiger partial charge is 0.491 e. The maximum atomic E-state index is 5.98. The van der Waals surface area contributed by atoms with Crippen LogP contribution in [-0.4, -0.2) is 34.1 Å². The standard InChI is InChI=1S/C18H24N4O2/c1-2-6-17(24-12-16-5-3-9-23-16)14(4-1)10-19-11-18-21-20-13-22(18)15-7-8-15/h1-2,4,6,13,15-16,19H,3,5,7-12H2/t16-/m0/s1. The van der Waals surface area contributed by atoms with Gasteiger partial charge in [-0.25, -0.2) is 0 Å². The van der Waals surface area contributed by atoms with Crippen molar-refractivity contribution in [1.29, 1.82) is 0 Å². The van der Waals surface area contributed by atoms with Gasteiger partial charge in [-0.3, -0.25) is 0 Å². The molecular formula is C18H24N4O2. The average molecular weight is 328 g/mol. The Bertz CT molecular complexity index is 663. The highest BCUT2D eigenvalue weighted by Crippen LogP contribution is 2.35. The van der Waals surface area contributed by atoms with Gasteiger partial charge in [0.2, 0.25) is 0 Å². The van der Waals surface area contributed by atoms with Gasteiger partial charge in [-0.2, -0.15) is 0 Å². The van der Waals surface area contributed by atoms with Crippen molar-refractivity contribution >= 4 is 0 Å². The van der Waals surface area contributed by atoms with E-state index in [9.17, 15) is 0 Å². The van der Waals surface area contributed by atoms with Crippen molar-refractivity contribution in [2.24, 2.45) is 0 Å². The lowest BCUT2D eigenvalue weighted by atomic mass is 10.2. The summed E-state index contributed by atoms with van der Waals surface area (Å²) in [5.41, 5.74) is 1.16. The number of benzene rings is 1. The Balaban J connectivity index is 1.31. The lowest BCUT2D eigenvalue weighted by molar-refractivity contribution is 0.0676. The molecule has 6 nitrogen and oxygen atoms in total. The summed E-state index contributed by atoms with van der Waals surface area (Å²) in [6.07, 6.45) is 6.79. The molecule has 1 saturated carbocycles. The summed E-state index contributed by atoms with van der Waals surface area (Å²) >= 11 is 0. The lowest BCUT2D eigenvalue weighted by Crippen LogP contribution is -2.19. The fourth-order valence-corrected chi connectivity index (χ4v) is 3.11. The zero-order valence-corrected chi connectivity index (χ0v) is 13.9. The van der Waals surface area contributed by atoms with E-state index in [0.29, 0.717) is 12.6 Å².